The van der Waals surface area contributed by atoms with Crippen LogP contribution < -0.4 is 9.64 Å². The van der Waals surface area contributed by atoms with E-state index >= 15 is 0 Å². The van der Waals surface area contributed by atoms with Gasteiger partial charge in [-0.15, -0.1) is 0 Å². The summed E-state index contributed by atoms with van der Waals surface area (Å²) in [5.74, 6) is 0.195. The Balaban J connectivity index is 1.87. The number of carbonyl (C=O) groups is 1. The minimum Gasteiger partial charge on any atom is -0.497 e. The molecule has 2 heterocycles. The number of nitro groups is 1. The third kappa shape index (κ3) is 3.03. The van der Waals surface area contributed by atoms with Crippen molar-refractivity contribution < 1.29 is 18.9 Å². The number of methoxy groups -OCH3 is 1. The van der Waals surface area contributed by atoms with E-state index in [1.54, 1.807) is 31.4 Å². The molecule has 1 aliphatic heterocycles. The fourth-order valence-corrected chi connectivity index (χ4v) is 3.35. The van der Waals surface area contributed by atoms with E-state index in [-0.39, 0.29) is 17.6 Å². The Morgan fingerprint density at radius 2 is 2.00 bits per heavy atom. The van der Waals surface area contributed by atoms with Crippen molar-refractivity contribution in [2.75, 3.05) is 12.0 Å². The molecule has 1 fully saturated rings. The summed E-state index contributed by atoms with van der Waals surface area (Å²) in [6, 6.07) is 9.57. The molecule has 122 valence electrons. The Kier molecular flexibility index (Phi) is 4.36. The summed E-state index contributed by atoms with van der Waals surface area (Å²) in [5, 5.41) is 10.6. The topological polar surface area (TPSA) is 85.8 Å². The number of thiocarbonyl (C=S) groups is 1. The van der Waals surface area contributed by atoms with Crippen LogP contribution in [0.5, 0.6) is 5.75 Å². The standard InChI is InChI=1S/C15H10N2O5S2/c1-21-10-4-2-9(3-5-10)16-14(18)12(24-15(16)23)8-11-6-7-13(22-11)17(19)20/h2-8H,1H3/b12-8+. The summed E-state index contributed by atoms with van der Waals surface area (Å²) >= 11 is 6.36. The van der Waals surface area contributed by atoms with Gasteiger partial charge in [0.05, 0.1) is 23.8 Å². The molecule has 1 aromatic heterocycles. The van der Waals surface area contributed by atoms with Gasteiger partial charge in [-0.1, -0.05) is 24.0 Å². The fraction of sp³-hybridized carbons (Fsp3) is 0.0667. The maximum atomic E-state index is 12.6. The van der Waals surface area contributed by atoms with Crippen LogP contribution in [0.15, 0.2) is 45.7 Å². The van der Waals surface area contributed by atoms with Crippen molar-refractivity contribution in [3.8, 4) is 5.75 Å². The zero-order valence-electron chi connectivity index (χ0n) is 12.3. The molecule has 0 unspecified atom stereocenters. The Bertz CT molecular complexity index is 857. The largest absolute Gasteiger partial charge is 0.497 e. The fourth-order valence-electron chi connectivity index (χ4n) is 2.07. The van der Waals surface area contributed by atoms with Crippen molar-refractivity contribution in [1.29, 1.82) is 0 Å². The third-order valence-corrected chi connectivity index (χ3v) is 4.49. The quantitative estimate of drug-likeness (QED) is 0.355. The lowest BCUT2D eigenvalue weighted by atomic mass is 10.2. The van der Waals surface area contributed by atoms with E-state index < -0.39 is 4.92 Å². The lowest BCUT2D eigenvalue weighted by molar-refractivity contribution is -0.402. The summed E-state index contributed by atoms with van der Waals surface area (Å²) < 4.78 is 10.5. The molecule has 7 nitrogen and oxygen atoms in total. The lowest BCUT2D eigenvalue weighted by Crippen LogP contribution is -2.27. The Morgan fingerprint density at radius 1 is 1.29 bits per heavy atom. The van der Waals surface area contributed by atoms with Gasteiger partial charge in [0.2, 0.25) is 0 Å². The molecule has 3 rings (SSSR count). The van der Waals surface area contributed by atoms with E-state index in [1.807, 2.05) is 0 Å². The molecule has 24 heavy (non-hydrogen) atoms. The van der Waals surface area contributed by atoms with Crippen LogP contribution in [0.2, 0.25) is 0 Å². The van der Waals surface area contributed by atoms with E-state index in [0.29, 0.717) is 20.7 Å². The number of carbonyl (C=O) groups excluding carboxylic acids is 1. The van der Waals surface area contributed by atoms with Crippen molar-refractivity contribution in [1.82, 2.24) is 0 Å². The average Bonchev–Trinajstić information content (AvgIpc) is 3.13. The van der Waals surface area contributed by atoms with Gasteiger partial charge >= 0.3 is 5.88 Å². The summed E-state index contributed by atoms with van der Waals surface area (Å²) in [7, 11) is 1.56. The van der Waals surface area contributed by atoms with Crippen LogP contribution in [0, 0.1) is 10.1 Å². The maximum absolute atomic E-state index is 12.6. The van der Waals surface area contributed by atoms with Gasteiger partial charge in [0, 0.05) is 6.08 Å². The van der Waals surface area contributed by atoms with Crippen molar-refractivity contribution in [3.63, 3.8) is 0 Å². The van der Waals surface area contributed by atoms with Gasteiger partial charge in [0.25, 0.3) is 5.91 Å². The van der Waals surface area contributed by atoms with Crippen molar-refractivity contribution in [2.24, 2.45) is 0 Å². The first-order valence-electron chi connectivity index (χ1n) is 6.66. The highest BCUT2D eigenvalue weighted by Crippen LogP contribution is 2.36. The molecule has 0 saturated carbocycles. The van der Waals surface area contributed by atoms with Crippen LogP contribution >= 0.6 is 24.0 Å². The van der Waals surface area contributed by atoms with Gasteiger partial charge in [0.1, 0.15) is 16.4 Å². The zero-order valence-corrected chi connectivity index (χ0v) is 13.9. The number of benzene rings is 1. The number of rotatable bonds is 4. The van der Waals surface area contributed by atoms with Crippen LogP contribution in [-0.2, 0) is 4.79 Å². The summed E-state index contributed by atoms with van der Waals surface area (Å²) in [6.45, 7) is 0. The predicted octanol–water partition coefficient (Wildman–Crippen LogP) is 3.60. The number of anilines is 1. The number of hydrogen-bond donors (Lipinski definition) is 0. The normalized spacial score (nSPS) is 16.0. The van der Waals surface area contributed by atoms with Crippen molar-refractivity contribution in [2.45, 2.75) is 0 Å². The molecule has 0 aliphatic carbocycles. The smallest absolute Gasteiger partial charge is 0.433 e. The minimum atomic E-state index is -0.639. The van der Waals surface area contributed by atoms with Gasteiger partial charge in [-0.25, -0.2) is 0 Å². The number of ether oxygens (including phenoxy) is 1. The number of nitrogens with zero attached hydrogens (tertiary/aromatic N) is 2. The second-order valence-corrected chi connectivity index (χ2v) is 6.32. The van der Waals surface area contributed by atoms with Gasteiger partial charge in [0.15, 0.2) is 4.32 Å². The number of hydrogen-bond acceptors (Lipinski definition) is 7. The third-order valence-electron chi connectivity index (χ3n) is 3.19. The second kappa shape index (κ2) is 6.46. The first-order valence-corrected chi connectivity index (χ1v) is 7.88. The number of furan rings is 1. The highest BCUT2D eigenvalue weighted by atomic mass is 32.2. The molecular weight excluding hydrogens is 352 g/mol. The summed E-state index contributed by atoms with van der Waals surface area (Å²) in [5.41, 5.74) is 0.618. The first-order chi connectivity index (χ1) is 11.5. The van der Waals surface area contributed by atoms with E-state index in [0.717, 1.165) is 11.8 Å². The Hall–Kier alpha value is -2.65. The van der Waals surface area contributed by atoms with Gasteiger partial charge < -0.3 is 9.15 Å². The van der Waals surface area contributed by atoms with Gasteiger partial charge in [-0.3, -0.25) is 19.8 Å². The maximum Gasteiger partial charge on any atom is 0.433 e. The second-order valence-electron chi connectivity index (χ2n) is 4.65. The molecule has 1 saturated heterocycles. The predicted molar refractivity (Wildman–Crippen MR) is 94.0 cm³/mol. The molecule has 0 spiro atoms. The van der Waals surface area contributed by atoms with Gasteiger partial charge in [-0.05, 0) is 30.3 Å². The average molecular weight is 362 g/mol. The SMILES string of the molecule is COc1ccc(N2C(=O)/C(=C\c3ccc([N+](=O)[O-])o3)SC2=S)cc1. The number of thioether (sulfide) groups is 1. The monoisotopic (exact) mass is 362 g/mol. The van der Waals surface area contributed by atoms with Crippen LogP contribution in [-0.4, -0.2) is 22.3 Å². The summed E-state index contributed by atoms with van der Waals surface area (Å²) in [6.07, 6.45) is 1.44. The molecule has 1 aromatic carbocycles. The van der Waals surface area contributed by atoms with E-state index in [1.165, 1.54) is 23.1 Å². The van der Waals surface area contributed by atoms with Crippen molar-refractivity contribution >= 4 is 51.9 Å². The van der Waals surface area contributed by atoms with Crippen molar-refractivity contribution in [3.05, 3.63) is 57.2 Å². The van der Waals surface area contributed by atoms with Crippen LogP contribution in [0.1, 0.15) is 5.76 Å². The van der Waals surface area contributed by atoms with Crippen LogP contribution in [0.3, 0.4) is 0 Å². The molecule has 0 atom stereocenters. The number of amides is 1. The van der Waals surface area contributed by atoms with Crippen LogP contribution in [0.25, 0.3) is 6.08 Å². The van der Waals surface area contributed by atoms with E-state index in [4.69, 9.17) is 21.4 Å². The zero-order chi connectivity index (χ0) is 17.3. The minimum absolute atomic E-state index is 0.219. The molecule has 1 amide bonds. The first kappa shape index (κ1) is 16.2. The molecule has 0 radical (unpaired) electrons. The lowest BCUT2D eigenvalue weighted by Gasteiger charge is -2.14. The molecule has 2 aromatic rings. The molecule has 0 bridgehead atoms. The van der Waals surface area contributed by atoms with E-state index in [2.05, 4.69) is 0 Å². The molecule has 0 N–H and O–H groups in total. The van der Waals surface area contributed by atoms with Gasteiger partial charge in [-0.2, -0.15) is 0 Å². The molecule has 1 aliphatic rings. The molecular formula is C15H10N2O5S2. The Labute approximate surface area is 146 Å². The highest BCUT2D eigenvalue weighted by molar-refractivity contribution is 8.27. The van der Waals surface area contributed by atoms with E-state index in [9.17, 15) is 14.9 Å². The van der Waals surface area contributed by atoms with Crippen LogP contribution in [0.4, 0.5) is 11.6 Å². The highest BCUT2D eigenvalue weighted by Gasteiger charge is 2.33. The Morgan fingerprint density at radius 3 is 2.58 bits per heavy atom. The molecule has 9 heteroatoms. The summed E-state index contributed by atoms with van der Waals surface area (Å²) in [4.78, 5) is 24.3.